The van der Waals surface area contributed by atoms with Crippen LogP contribution in [0, 0.1) is 0 Å². The average molecular weight is 483 g/mol. The molecule has 174 valence electrons. The van der Waals surface area contributed by atoms with Crippen molar-refractivity contribution in [2.24, 2.45) is 0 Å². The normalized spacial score (nSPS) is 29.9. The van der Waals surface area contributed by atoms with Gasteiger partial charge in [0, 0.05) is 7.11 Å². The van der Waals surface area contributed by atoms with Gasteiger partial charge in [-0.3, -0.25) is 0 Å². The van der Waals surface area contributed by atoms with Gasteiger partial charge in [0.15, 0.2) is 39.6 Å². The highest BCUT2D eigenvalue weighted by Gasteiger charge is 2.51. The minimum Gasteiger partial charge on any atom is -0.415 e. The lowest BCUT2D eigenvalue weighted by Gasteiger charge is -2.50. The van der Waals surface area contributed by atoms with Crippen LogP contribution in [-0.2, 0) is 27.2 Å². The van der Waals surface area contributed by atoms with Crippen LogP contribution in [0.15, 0.2) is 0 Å². The van der Waals surface area contributed by atoms with E-state index in [1.54, 1.807) is 7.11 Å². The van der Waals surface area contributed by atoms with Crippen molar-refractivity contribution in [2.45, 2.75) is 109 Å². The number of methoxy groups -OCH3 is 1. The fourth-order valence-electron chi connectivity index (χ4n) is 3.16. The Morgan fingerprint density at radius 2 is 1.00 bits per heavy atom. The van der Waals surface area contributed by atoms with Crippen LogP contribution in [0.3, 0.4) is 0 Å². The molecule has 10 heteroatoms. The molecule has 1 heterocycles. The molecular formula is C19H46O6Si4. The van der Waals surface area contributed by atoms with Gasteiger partial charge in [-0.2, -0.15) is 0 Å². The predicted molar refractivity (Wildman–Crippen MR) is 130 cm³/mol. The van der Waals surface area contributed by atoms with Gasteiger partial charge in [-0.1, -0.05) is 0 Å². The Kier molecular flexibility index (Phi) is 9.59. The molecule has 0 aromatic carbocycles. The van der Waals surface area contributed by atoms with Crippen molar-refractivity contribution in [3.8, 4) is 0 Å². The minimum absolute atomic E-state index is 0.238. The number of hydrogen-bond acceptors (Lipinski definition) is 6. The molecule has 1 fully saturated rings. The van der Waals surface area contributed by atoms with Crippen molar-refractivity contribution in [3.05, 3.63) is 0 Å². The molecule has 29 heavy (non-hydrogen) atoms. The standard InChI is InChI=1S/C19H46O6Si4/c1-20-19-18(25-29(11,12)13)17(24-28(8,9)10)16(23-27(5,6)7)15(22-19)14-21-26(2,3)4/h15-19H,14H2,1-13H3/t15-,16+,17+,18+,19-/m1/s1. The van der Waals surface area contributed by atoms with E-state index in [1.165, 1.54) is 0 Å². The second-order valence-corrected chi connectivity index (χ2v) is 29.7. The molecule has 0 amide bonds. The van der Waals surface area contributed by atoms with E-state index >= 15 is 0 Å². The molecule has 0 aromatic heterocycles. The molecule has 1 aliphatic rings. The third kappa shape index (κ3) is 10.7. The summed E-state index contributed by atoms with van der Waals surface area (Å²) in [7, 11) is -5.66. The smallest absolute Gasteiger partial charge is 0.185 e. The average Bonchev–Trinajstić information content (AvgIpc) is 2.44. The van der Waals surface area contributed by atoms with Crippen LogP contribution >= 0.6 is 0 Å². The number of hydrogen-bond donors (Lipinski definition) is 0. The Bertz CT molecular complexity index is 507. The van der Waals surface area contributed by atoms with Crippen molar-refractivity contribution in [1.29, 1.82) is 0 Å². The maximum Gasteiger partial charge on any atom is 0.185 e. The summed E-state index contributed by atoms with van der Waals surface area (Å²) in [6.07, 6.45) is -1.55. The van der Waals surface area contributed by atoms with Crippen molar-refractivity contribution in [3.63, 3.8) is 0 Å². The summed E-state index contributed by atoms with van der Waals surface area (Å²) in [5.41, 5.74) is 0. The van der Waals surface area contributed by atoms with E-state index in [0.717, 1.165) is 0 Å². The van der Waals surface area contributed by atoms with Gasteiger partial charge in [0.2, 0.25) is 0 Å². The summed E-state index contributed by atoms with van der Waals surface area (Å²) < 4.78 is 38.4. The lowest BCUT2D eigenvalue weighted by Crippen LogP contribution is -2.66. The first kappa shape index (κ1) is 27.7. The molecule has 1 aliphatic heterocycles. The van der Waals surface area contributed by atoms with Crippen LogP contribution in [0.4, 0.5) is 0 Å². The van der Waals surface area contributed by atoms with Crippen LogP contribution in [0.25, 0.3) is 0 Å². The summed E-state index contributed by atoms with van der Waals surface area (Å²) in [5.74, 6) is 0. The molecule has 1 rings (SSSR count). The second-order valence-electron chi connectivity index (χ2n) is 11.8. The monoisotopic (exact) mass is 482 g/mol. The SMILES string of the molecule is CO[C@@H]1O[C@H](CO[Si](C)(C)C)[C@H](O[Si](C)(C)C)[C@H](O[Si](C)(C)C)[C@@H]1O[Si](C)(C)C. The van der Waals surface area contributed by atoms with Crippen LogP contribution in [0.1, 0.15) is 0 Å². The zero-order chi connectivity index (χ0) is 22.8. The molecular weight excluding hydrogens is 437 g/mol. The molecule has 1 saturated heterocycles. The number of ether oxygens (including phenoxy) is 2. The van der Waals surface area contributed by atoms with E-state index in [2.05, 4.69) is 78.6 Å². The molecule has 0 radical (unpaired) electrons. The van der Waals surface area contributed by atoms with Gasteiger partial charge in [-0.05, 0) is 78.6 Å². The summed E-state index contributed by atoms with van der Waals surface area (Å²) in [4.78, 5) is 0. The fourth-order valence-corrected chi connectivity index (χ4v) is 7.07. The zero-order valence-corrected chi connectivity index (χ0v) is 25.0. The van der Waals surface area contributed by atoms with E-state index in [1.807, 2.05) is 0 Å². The molecule has 0 aliphatic carbocycles. The molecule has 5 atom stereocenters. The maximum atomic E-state index is 6.72. The highest BCUT2D eigenvalue weighted by Crippen LogP contribution is 2.34. The molecule has 0 saturated carbocycles. The number of rotatable bonds is 10. The van der Waals surface area contributed by atoms with E-state index in [4.69, 9.17) is 27.2 Å². The van der Waals surface area contributed by atoms with Gasteiger partial charge in [0.1, 0.15) is 24.4 Å². The van der Waals surface area contributed by atoms with Crippen molar-refractivity contribution in [2.75, 3.05) is 13.7 Å². The summed E-state index contributed by atoms with van der Waals surface area (Å²) >= 11 is 0. The minimum atomic E-state index is -1.88. The van der Waals surface area contributed by atoms with Gasteiger partial charge in [-0.15, -0.1) is 0 Å². The second kappa shape index (κ2) is 10.1. The van der Waals surface area contributed by atoms with Crippen LogP contribution < -0.4 is 0 Å². The predicted octanol–water partition coefficient (Wildman–Crippen LogP) is 4.87. The first-order chi connectivity index (χ1) is 12.8. The van der Waals surface area contributed by atoms with E-state index in [0.29, 0.717) is 6.61 Å². The van der Waals surface area contributed by atoms with E-state index < -0.39 is 39.6 Å². The quantitative estimate of drug-likeness (QED) is 0.414. The first-order valence-corrected chi connectivity index (χ1v) is 24.3. The van der Waals surface area contributed by atoms with Crippen LogP contribution in [0.5, 0.6) is 0 Å². The zero-order valence-electron chi connectivity index (χ0n) is 21.0. The fraction of sp³-hybridized carbons (Fsp3) is 1.00. The van der Waals surface area contributed by atoms with Gasteiger partial charge >= 0.3 is 0 Å². The van der Waals surface area contributed by atoms with Crippen molar-refractivity contribution >= 4 is 33.3 Å². The largest absolute Gasteiger partial charge is 0.415 e. The lowest BCUT2D eigenvalue weighted by atomic mass is 9.99. The summed E-state index contributed by atoms with van der Waals surface area (Å²) in [5, 5.41) is 0. The first-order valence-electron chi connectivity index (χ1n) is 10.7. The van der Waals surface area contributed by atoms with E-state index in [-0.39, 0.29) is 24.4 Å². The topological polar surface area (TPSA) is 55.4 Å². The Balaban J connectivity index is 3.34. The maximum absolute atomic E-state index is 6.72. The third-order valence-corrected chi connectivity index (χ3v) is 7.94. The van der Waals surface area contributed by atoms with Crippen LogP contribution in [0.2, 0.25) is 78.6 Å². The Morgan fingerprint density at radius 3 is 1.38 bits per heavy atom. The van der Waals surface area contributed by atoms with E-state index in [9.17, 15) is 0 Å². The molecule has 0 bridgehead atoms. The van der Waals surface area contributed by atoms with Gasteiger partial charge in [-0.25, -0.2) is 0 Å². The molecule has 0 spiro atoms. The van der Waals surface area contributed by atoms with Gasteiger partial charge < -0.3 is 27.2 Å². The Labute approximate surface area is 183 Å². The van der Waals surface area contributed by atoms with Crippen molar-refractivity contribution in [1.82, 2.24) is 0 Å². The highest BCUT2D eigenvalue weighted by atomic mass is 28.4. The highest BCUT2D eigenvalue weighted by molar-refractivity contribution is 6.71. The molecule has 6 nitrogen and oxygen atoms in total. The molecule has 0 aromatic rings. The Morgan fingerprint density at radius 1 is 0.586 bits per heavy atom. The summed E-state index contributed by atoms with van der Waals surface area (Å²) in [6, 6.07) is 0. The summed E-state index contributed by atoms with van der Waals surface area (Å²) in [6.45, 7) is 26.8. The van der Waals surface area contributed by atoms with Crippen LogP contribution in [-0.4, -0.2) is 77.7 Å². The van der Waals surface area contributed by atoms with Gasteiger partial charge in [0.05, 0.1) is 6.61 Å². The molecule has 0 N–H and O–H groups in total. The third-order valence-electron chi connectivity index (χ3n) is 3.97. The van der Waals surface area contributed by atoms with Gasteiger partial charge in [0.25, 0.3) is 0 Å². The lowest BCUT2D eigenvalue weighted by molar-refractivity contribution is -0.283. The van der Waals surface area contributed by atoms with Crippen molar-refractivity contribution < 1.29 is 27.2 Å². The Hall–Kier alpha value is 0.628. The molecule has 0 unspecified atom stereocenters.